The smallest absolute Gasteiger partial charge is 0.238 e. The Morgan fingerprint density at radius 3 is 2.50 bits per heavy atom. The highest BCUT2D eigenvalue weighted by Gasteiger charge is 2.57. The Bertz CT molecular complexity index is 1630. The molecule has 0 radical (unpaired) electrons. The molecule has 2 heterocycles. The summed E-state index contributed by atoms with van der Waals surface area (Å²) in [5.41, 5.74) is 7.16. The van der Waals surface area contributed by atoms with Gasteiger partial charge in [-0.15, -0.1) is 0 Å². The lowest BCUT2D eigenvalue weighted by molar-refractivity contribution is -0.122. The number of amides is 2. The molecule has 0 aromatic heterocycles. The van der Waals surface area contributed by atoms with E-state index in [-0.39, 0.29) is 41.4 Å². The van der Waals surface area contributed by atoms with E-state index in [0.717, 1.165) is 39.8 Å². The molecule has 2 amide bonds. The zero-order chi connectivity index (χ0) is 31.0. The van der Waals surface area contributed by atoms with Crippen molar-refractivity contribution in [2.24, 2.45) is 17.8 Å². The van der Waals surface area contributed by atoms with Gasteiger partial charge in [-0.2, -0.15) is 0 Å². The van der Waals surface area contributed by atoms with Crippen molar-refractivity contribution < 1.29 is 24.2 Å². The SMILES string of the molecule is CCC1=C2[C@@H](CC/C(C)=C/c3cc(I)c(O)c(OC)c3)OC[C@@H]2[C@@H]2C(=O)N(c3ccc(Nc4ccccc4)cc3)C(=O)[C@@H]2C1. The lowest BCUT2D eigenvalue weighted by atomic mass is 9.69. The van der Waals surface area contributed by atoms with Crippen molar-refractivity contribution in [3.8, 4) is 11.5 Å². The van der Waals surface area contributed by atoms with Gasteiger partial charge in [0.1, 0.15) is 0 Å². The lowest BCUT2D eigenvalue weighted by Crippen LogP contribution is -2.34. The summed E-state index contributed by atoms with van der Waals surface area (Å²) in [6.45, 7) is 4.70. The number of rotatable bonds is 9. The fraction of sp³-hybridized carbons (Fsp3) is 0.333. The summed E-state index contributed by atoms with van der Waals surface area (Å²) in [5, 5.41) is 13.5. The number of nitrogens with one attached hydrogen (secondary N) is 1. The molecule has 0 spiro atoms. The minimum atomic E-state index is -0.386. The largest absolute Gasteiger partial charge is 0.504 e. The van der Waals surface area contributed by atoms with Crippen LogP contribution in [-0.2, 0) is 14.3 Å². The first-order valence-corrected chi connectivity index (χ1v) is 16.2. The van der Waals surface area contributed by atoms with Crippen LogP contribution in [0.5, 0.6) is 11.5 Å². The summed E-state index contributed by atoms with van der Waals surface area (Å²) in [7, 11) is 1.55. The van der Waals surface area contributed by atoms with Crippen molar-refractivity contribution in [1.29, 1.82) is 0 Å². The van der Waals surface area contributed by atoms with Crippen LogP contribution in [0, 0.1) is 21.3 Å². The van der Waals surface area contributed by atoms with Gasteiger partial charge in [-0.1, -0.05) is 42.3 Å². The van der Waals surface area contributed by atoms with E-state index in [1.165, 1.54) is 21.6 Å². The highest BCUT2D eigenvalue weighted by Crippen LogP contribution is 2.51. The molecule has 3 aliphatic rings. The number of benzene rings is 3. The maximum atomic E-state index is 13.9. The van der Waals surface area contributed by atoms with Crippen LogP contribution in [0.2, 0.25) is 0 Å². The van der Waals surface area contributed by atoms with Gasteiger partial charge in [0.25, 0.3) is 0 Å². The third-order valence-electron chi connectivity index (χ3n) is 9.11. The molecule has 0 unspecified atom stereocenters. The molecule has 8 heteroatoms. The molecule has 228 valence electrons. The van der Waals surface area contributed by atoms with Crippen molar-refractivity contribution >= 4 is 57.5 Å². The molecule has 2 fully saturated rings. The molecule has 1 aliphatic carbocycles. The Kier molecular flexibility index (Phi) is 8.82. The Morgan fingerprint density at radius 2 is 1.80 bits per heavy atom. The number of methoxy groups -OCH3 is 1. The number of phenols is 1. The first-order chi connectivity index (χ1) is 21.3. The minimum absolute atomic E-state index is 0.0611. The van der Waals surface area contributed by atoms with E-state index < -0.39 is 0 Å². The van der Waals surface area contributed by atoms with Gasteiger partial charge in [-0.3, -0.25) is 14.5 Å². The van der Waals surface area contributed by atoms with Crippen LogP contribution < -0.4 is 15.0 Å². The minimum Gasteiger partial charge on any atom is -0.504 e. The van der Waals surface area contributed by atoms with Crippen LogP contribution in [0.4, 0.5) is 17.1 Å². The van der Waals surface area contributed by atoms with Crippen molar-refractivity contribution in [2.45, 2.75) is 45.6 Å². The second-order valence-electron chi connectivity index (χ2n) is 11.8. The number of nitrogens with zero attached hydrogens (tertiary/aromatic N) is 1. The van der Waals surface area contributed by atoms with Crippen LogP contribution in [0.15, 0.2) is 83.4 Å². The monoisotopic (exact) mass is 704 g/mol. The Hall–Kier alpha value is -3.63. The van der Waals surface area contributed by atoms with E-state index >= 15 is 0 Å². The van der Waals surface area contributed by atoms with Crippen LogP contribution in [0.3, 0.4) is 0 Å². The fourth-order valence-electron chi connectivity index (χ4n) is 7.00. The molecular formula is C36H37IN2O5. The van der Waals surface area contributed by atoms with Crippen molar-refractivity contribution in [2.75, 3.05) is 23.9 Å². The van der Waals surface area contributed by atoms with E-state index in [1.807, 2.05) is 66.7 Å². The number of carbonyl (C=O) groups is 2. The van der Waals surface area contributed by atoms with E-state index in [2.05, 4.69) is 47.8 Å². The zero-order valence-corrected chi connectivity index (χ0v) is 27.3. The van der Waals surface area contributed by atoms with Gasteiger partial charge in [0, 0.05) is 17.3 Å². The molecule has 4 atom stereocenters. The number of halogens is 1. The quantitative estimate of drug-likeness (QED) is 0.134. The van der Waals surface area contributed by atoms with E-state index in [1.54, 1.807) is 7.11 Å². The number of phenolic OH excluding ortho intramolecular Hbond substituents is 1. The number of hydrogen-bond acceptors (Lipinski definition) is 6. The Balaban J connectivity index is 1.17. The van der Waals surface area contributed by atoms with E-state index in [4.69, 9.17) is 9.47 Å². The van der Waals surface area contributed by atoms with E-state index in [9.17, 15) is 14.7 Å². The molecule has 2 aliphatic heterocycles. The highest BCUT2D eigenvalue weighted by molar-refractivity contribution is 14.1. The van der Waals surface area contributed by atoms with Crippen LogP contribution in [0.1, 0.15) is 45.1 Å². The molecule has 44 heavy (non-hydrogen) atoms. The maximum Gasteiger partial charge on any atom is 0.238 e. The first kappa shape index (κ1) is 30.4. The summed E-state index contributed by atoms with van der Waals surface area (Å²) >= 11 is 2.11. The van der Waals surface area contributed by atoms with Crippen LogP contribution >= 0.6 is 22.6 Å². The number of hydrogen-bond donors (Lipinski definition) is 2. The van der Waals surface area contributed by atoms with Gasteiger partial charge in [0.15, 0.2) is 11.5 Å². The predicted molar refractivity (Wildman–Crippen MR) is 181 cm³/mol. The summed E-state index contributed by atoms with van der Waals surface area (Å²) in [4.78, 5) is 29.1. The molecule has 2 N–H and O–H groups in total. The van der Waals surface area contributed by atoms with Crippen molar-refractivity contribution in [1.82, 2.24) is 0 Å². The summed E-state index contributed by atoms with van der Waals surface area (Å²) in [6.07, 6.45) is 5.14. The summed E-state index contributed by atoms with van der Waals surface area (Å²) in [5.74, 6) is -0.406. The topological polar surface area (TPSA) is 88.1 Å². The molecular weight excluding hydrogens is 667 g/mol. The normalized spacial score (nSPS) is 23.2. The number of fused-ring (bicyclic) bond motifs is 3. The Labute approximate surface area is 272 Å². The number of anilines is 3. The molecule has 0 saturated carbocycles. The van der Waals surface area contributed by atoms with Crippen LogP contribution in [0.25, 0.3) is 6.08 Å². The average molecular weight is 705 g/mol. The summed E-state index contributed by atoms with van der Waals surface area (Å²) < 4.78 is 12.4. The number of allylic oxidation sites excluding steroid dienone is 2. The number of carbonyl (C=O) groups excluding carboxylic acids is 2. The number of ether oxygens (including phenoxy) is 2. The second kappa shape index (κ2) is 12.8. The zero-order valence-electron chi connectivity index (χ0n) is 25.2. The van der Waals surface area contributed by atoms with Gasteiger partial charge in [0.2, 0.25) is 11.8 Å². The van der Waals surface area contributed by atoms with Crippen LogP contribution in [-0.4, -0.2) is 36.7 Å². The number of imide groups is 1. The molecule has 6 rings (SSSR count). The van der Waals surface area contributed by atoms with Gasteiger partial charge in [-0.05, 0) is 115 Å². The first-order valence-electron chi connectivity index (χ1n) is 15.2. The predicted octanol–water partition coefficient (Wildman–Crippen LogP) is 7.86. The Morgan fingerprint density at radius 1 is 1.07 bits per heavy atom. The van der Waals surface area contributed by atoms with Gasteiger partial charge in [-0.25, -0.2) is 0 Å². The molecule has 7 nitrogen and oxygen atoms in total. The third-order valence-corrected chi connectivity index (χ3v) is 9.93. The maximum absolute atomic E-state index is 13.9. The molecule has 3 aromatic carbocycles. The summed E-state index contributed by atoms with van der Waals surface area (Å²) in [6, 6.07) is 21.2. The number of aromatic hydroxyl groups is 1. The van der Waals surface area contributed by atoms with Gasteiger partial charge < -0.3 is 19.9 Å². The third kappa shape index (κ3) is 5.77. The fourth-order valence-corrected chi connectivity index (χ4v) is 7.62. The van der Waals surface area contributed by atoms with Gasteiger partial charge >= 0.3 is 0 Å². The molecule has 2 saturated heterocycles. The standard InChI is InChI=1S/C36H37IN2O5/c1-4-23-19-27-33(36(42)39(35(27)41)26-13-11-25(12-14-26)38-24-8-6-5-7-9-24)28-20-44-30(32(23)28)15-10-21(2)16-22-17-29(37)34(40)31(18-22)43-3/h5-9,11-14,16-18,27-28,30,33,38,40H,4,10,15,19-20H2,1-3H3/b21-16+/t27-,28+,30-,33-/m1/s1. The lowest BCUT2D eigenvalue weighted by Gasteiger charge is -2.31. The highest BCUT2D eigenvalue weighted by atomic mass is 127. The van der Waals surface area contributed by atoms with Gasteiger partial charge in [0.05, 0.1) is 40.9 Å². The van der Waals surface area contributed by atoms with Crippen molar-refractivity contribution in [3.05, 3.63) is 92.6 Å². The van der Waals surface area contributed by atoms with Crippen molar-refractivity contribution in [3.63, 3.8) is 0 Å². The number of para-hydroxylation sites is 1. The van der Waals surface area contributed by atoms with E-state index in [0.29, 0.717) is 24.5 Å². The molecule has 0 bridgehead atoms. The molecule has 3 aromatic rings. The average Bonchev–Trinajstić information content (AvgIpc) is 3.56. The second-order valence-corrected chi connectivity index (χ2v) is 13.0.